The fraction of sp³-hybridized carbons (Fsp3) is 0.273. The van der Waals surface area contributed by atoms with Gasteiger partial charge >= 0.3 is 0 Å². The average molecular weight is 391 g/mol. The standard InChI is InChI=1S/C22H25N5O2/c1-2-23-22(26-17-9-10-19-20(13-17)29-12-6-11-28-19)25-15-21-24-14-18(27-21)16-7-4-3-5-8-16/h3-5,7-10,13-14H,2,6,11-12,15H2,1H3,(H,24,27)(H2,23,25,26). The molecule has 0 saturated carbocycles. The molecule has 0 bridgehead atoms. The van der Waals surface area contributed by atoms with Gasteiger partial charge in [-0.15, -0.1) is 0 Å². The zero-order valence-electron chi connectivity index (χ0n) is 16.4. The van der Waals surface area contributed by atoms with Gasteiger partial charge in [-0.2, -0.15) is 0 Å². The summed E-state index contributed by atoms with van der Waals surface area (Å²) < 4.78 is 11.5. The summed E-state index contributed by atoms with van der Waals surface area (Å²) in [5.41, 5.74) is 2.97. The maximum Gasteiger partial charge on any atom is 0.196 e. The van der Waals surface area contributed by atoms with Crippen molar-refractivity contribution >= 4 is 11.6 Å². The van der Waals surface area contributed by atoms with Gasteiger partial charge in [0.05, 0.1) is 25.1 Å². The Morgan fingerprint density at radius 1 is 1.10 bits per heavy atom. The lowest BCUT2D eigenvalue weighted by molar-refractivity contribution is 0.297. The molecule has 150 valence electrons. The third kappa shape index (κ3) is 4.87. The lowest BCUT2D eigenvalue weighted by Gasteiger charge is -2.13. The van der Waals surface area contributed by atoms with E-state index < -0.39 is 0 Å². The molecular formula is C22H25N5O2. The van der Waals surface area contributed by atoms with E-state index in [4.69, 9.17) is 9.47 Å². The van der Waals surface area contributed by atoms with Crippen molar-refractivity contribution < 1.29 is 9.47 Å². The van der Waals surface area contributed by atoms with Gasteiger partial charge in [-0.3, -0.25) is 0 Å². The SMILES string of the molecule is CCNC(=NCc1ncc(-c2ccccc2)[nH]1)Nc1ccc2c(c1)OCCCO2. The van der Waals surface area contributed by atoms with E-state index in [1.54, 1.807) is 0 Å². The van der Waals surface area contributed by atoms with Gasteiger partial charge in [0.2, 0.25) is 0 Å². The van der Waals surface area contributed by atoms with Crippen LogP contribution in [0, 0.1) is 0 Å². The summed E-state index contributed by atoms with van der Waals surface area (Å²) in [5.74, 6) is 3.01. The van der Waals surface area contributed by atoms with Crippen LogP contribution in [-0.2, 0) is 6.54 Å². The number of anilines is 1. The van der Waals surface area contributed by atoms with Crippen LogP contribution in [0.5, 0.6) is 11.5 Å². The van der Waals surface area contributed by atoms with Crippen molar-refractivity contribution in [2.75, 3.05) is 25.1 Å². The van der Waals surface area contributed by atoms with Crippen LogP contribution in [0.3, 0.4) is 0 Å². The first-order chi connectivity index (χ1) is 14.3. The number of nitrogens with zero attached hydrogens (tertiary/aromatic N) is 2. The molecule has 1 aromatic heterocycles. The molecule has 29 heavy (non-hydrogen) atoms. The lowest BCUT2D eigenvalue weighted by atomic mass is 10.2. The van der Waals surface area contributed by atoms with E-state index in [-0.39, 0.29) is 0 Å². The van der Waals surface area contributed by atoms with Crippen LogP contribution < -0.4 is 20.1 Å². The zero-order valence-corrected chi connectivity index (χ0v) is 16.4. The Kier molecular flexibility index (Phi) is 5.95. The minimum Gasteiger partial charge on any atom is -0.490 e. The van der Waals surface area contributed by atoms with Crippen molar-refractivity contribution in [3.8, 4) is 22.8 Å². The van der Waals surface area contributed by atoms with Gasteiger partial charge < -0.3 is 25.1 Å². The molecule has 1 aliphatic heterocycles. The molecule has 0 amide bonds. The molecule has 0 spiro atoms. The number of rotatable bonds is 5. The maximum absolute atomic E-state index is 5.76. The lowest BCUT2D eigenvalue weighted by Crippen LogP contribution is -2.30. The fourth-order valence-electron chi connectivity index (χ4n) is 3.05. The minimum atomic E-state index is 0.437. The van der Waals surface area contributed by atoms with E-state index in [1.807, 2.05) is 49.5 Å². The van der Waals surface area contributed by atoms with Crippen LogP contribution in [0.4, 0.5) is 5.69 Å². The largest absolute Gasteiger partial charge is 0.490 e. The van der Waals surface area contributed by atoms with Crippen LogP contribution in [0.2, 0.25) is 0 Å². The summed E-state index contributed by atoms with van der Waals surface area (Å²) >= 11 is 0. The normalized spacial score (nSPS) is 13.6. The Morgan fingerprint density at radius 2 is 1.93 bits per heavy atom. The van der Waals surface area contributed by atoms with Gasteiger partial charge in [-0.1, -0.05) is 30.3 Å². The number of H-pyrrole nitrogens is 1. The number of aromatic amines is 1. The summed E-state index contributed by atoms with van der Waals surface area (Å²) in [6, 6.07) is 15.9. The Morgan fingerprint density at radius 3 is 2.76 bits per heavy atom. The molecule has 0 atom stereocenters. The van der Waals surface area contributed by atoms with E-state index in [1.165, 1.54) is 0 Å². The van der Waals surface area contributed by atoms with Crippen LogP contribution >= 0.6 is 0 Å². The molecule has 0 aliphatic carbocycles. The molecule has 0 radical (unpaired) electrons. The number of imidazole rings is 1. The number of fused-ring (bicyclic) bond motifs is 1. The maximum atomic E-state index is 5.76. The highest BCUT2D eigenvalue weighted by Crippen LogP contribution is 2.32. The molecule has 1 aliphatic rings. The van der Waals surface area contributed by atoms with Gasteiger partial charge in [-0.05, 0) is 24.6 Å². The van der Waals surface area contributed by atoms with Crippen LogP contribution in [0.25, 0.3) is 11.3 Å². The van der Waals surface area contributed by atoms with Crippen molar-refractivity contribution in [2.45, 2.75) is 19.9 Å². The Labute approximate surface area is 170 Å². The summed E-state index contributed by atoms with van der Waals surface area (Å²) in [6.45, 7) is 4.56. The second-order valence-corrected chi connectivity index (χ2v) is 6.64. The van der Waals surface area contributed by atoms with Gasteiger partial charge in [0, 0.05) is 24.7 Å². The number of aliphatic imine (C=N–C) groups is 1. The topological polar surface area (TPSA) is 83.6 Å². The van der Waals surface area contributed by atoms with E-state index >= 15 is 0 Å². The van der Waals surface area contributed by atoms with Crippen molar-refractivity contribution in [3.05, 3.63) is 60.6 Å². The van der Waals surface area contributed by atoms with Crippen LogP contribution in [0.15, 0.2) is 59.7 Å². The predicted octanol–water partition coefficient (Wildman–Crippen LogP) is 3.82. The second kappa shape index (κ2) is 9.14. The monoisotopic (exact) mass is 391 g/mol. The number of hydrogen-bond acceptors (Lipinski definition) is 4. The van der Waals surface area contributed by atoms with Crippen molar-refractivity contribution in [3.63, 3.8) is 0 Å². The first-order valence-corrected chi connectivity index (χ1v) is 9.86. The summed E-state index contributed by atoms with van der Waals surface area (Å²) in [5, 5.41) is 6.58. The molecule has 2 heterocycles. The number of benzene rings is 2. The number of hydrogen-bond donors (Lipinski definition) is 3. The first-order valence-electron chi connectivity index (χ1n) is 9.86. The van der Waals surface area contributed by atoms with Gasteiger partial charge in [0.25, 0.3) is 0 Å². The first kappa shape index (κ1) is 18.9. The van der Waals surface area contributed by atoms with Gasteiger partial charge in [0.1, 0.15) is 12.4 Å². The van der Waals surface area contributed by atoms with Crippen molar-refractivity contribution in [2.24, 2.45) is 4.99 Å². The predicted molar refractivity (Wildman–Crippen MR) is 115 cm³/mol. The molecule has 2 aromatic carbocycles. The third-order valence-corrected chi connectivity index (χ3v) is 4.45. The minimum absolute atomic E-state index is 0.437. The third-order valence-electron chi connectivity index (χ3n) is 4.45. The molecule has 4 rings (SSSR count). The van der Waals surface area contributed by atoms with E-state index in [0.717, 1.165) is 47.2 Å². The second-order valence-electron chi connectivity index (χ2n) is 6.64. The molecule has 3 N–H and O–H groups in total. The molecule has 0 fully saturated rings. The molecule has 7 nitrogen and oxygen atoms in total. The highest BCUT2D eigenvalue weighted by molar-refractivity contribution is 5.93. The summed E-state index contributed by atoms with van der Waals surface area (Å²) in [7, 11) is 0. The molecular weight excluding hydrogens is 366 g/mol. The number of nitrogens with one attached hydrogen (secondary N) is 3. The van der Waals surface area contributed by atoms with Gasteiger partial charge in [-0.25, -0.2) is 9.98 Å². The highest BCUT2D eigenvalue weighted by atomic mass is 16.5. The Bertz CT molecular complexity index is 968. The van der Waals surface area contributed by atoms with Crippen LogP contribution in [-0.4, -0.2) is 35.7 Å². The van der Waals surface area contributed by atoms with Crippen molar-refractivity contribution in [1.82, 2.24) is 15.3 Å². The van der Waals surface area contributed by atoms with Crippen molar-refractivity contribution in [1.29, 1.82) is 0 Å². The average Bonchev–Trinajstić information content (AvgIpc) is 3.11. The zero-order chi connectivity index (χ0) is 19.9. The molecule has 0 unspecified atom stereocenters. The smallest absolute Gasteiger partial charge is 0.196 e. The Balaban J connectivity index is 1.46. The molecule has 7 heteroatoms. The number of guanidine groups is 1. The van der Waals surface area contributed by atoms with Crippen LogP contribution in [0.1, 0.15) is 19.2 Å². The quantitative estimate of drug-likeness (QED) is 0.455. The molecule has 3 aromatic rings. The van der Waals surface area contributed by atoms with E-state index in [9.17, 15) is 0 Å². The van der Waals surface area contributed by atoms with E-state index in [2.05, 4.69) is 37.7 Å². The number of ether oxygens (including phenoxy) is 2. The Hall–Kier alpha value is -3.48. The highest BCUT2D eigenvalue weighted by Gasteiger charge is 2.11. The van der Waals surface area contributed by atoms with E-state index in [0.29, 0.717) is 25.7 Å². The van der Waals surface area contributed by atoms with Gasteiger partial charge in [0.15, 0.2) is 17.5 Å². The fourth-order valence-corrected chi connectivity index (χ4v) is 3.05. The molecule has 0 saturated heterocycles. The summed E-state index contributed by atoms with van der Waals surface area (Å²) in [4.78, 5) is 12.4. The number of aromatic nitrogens is 2. The summed E-state index contributed by atoms with van der Waals surface area (Å²) in [6.07, 6.45) is 2.72.